The largest absolute Gasteiger partial charge is 0.394 e. The first-order valence-corrected chi connectivity index (χ1v) is 12.7. The normalized spacial score (nSPS) is 38.1. The Morgan fingerprint density at radius 1 is 1.21 bits per heavy atom. The number of nitrogens with zero attached hydrogens (tertiary/aromatic N) is 2. The van der Waals surface area contributed by atoms with E-state index in [1.54, 1.807) is 6.92 Å². The van der Waals surface area contributed by atoms with Crippen LogP contribution in [-0.2, 0) is 23.9 Å². The molecular weight excluding hydrogens is 440 g/mol. The molecule has 4 heterocycles. The van der Waals surface area contributed by atoms with Gasteiger partial charge in [-0.25, -0.2) is 0 Å². The van der Waals surface area contributed by atoms with Gasteiger partial charge in [0.1, 0.15) is 11.6 Å². The fraction of sp³-hybridized carbons (Fsp3) is 0.875. The molecule has 4 fully saturated rings. The van der Waals surface area contributed by atoms with Crippen LogP contribution in [0.1, 0.15) is 40.5 Å². The number of hydrogen-bond acceptors (Lipinski definition) is 7. The van der Waals surface area contributed by atoms with Gasteiger partial charge in [0.05, 0.1) is 43.3 Å². The Bertz CT molecular complexity index is 804. The maximum atomic E-state index is 13.8. The average molecular weight is 481 g/mol. The Balaban J connectivity index is 1.60. The Morgan fingerprint density at radius 3 is 2.53 bits per heavy atom. The van der Waals surface area contributed by atoms with Crippen LogP contribution in [0.25, 0.3) is 0 Å². The maximum absolute atomic E-state index is 13.8. The number of hydrogen-bond donors (Lipinski definition) is 3. The van der Waals surface area contributed by atoms with Crippen molar-refractivity contribution >= 4 is 17.7 Å². The van der Waals surface area contributed by atoms with Gasteiger partial charge in [-0.1, -0.05) is 13.8 Å². The minimum atomic E-state index is -1.08. The van der Waals surface area contributed by atoms with E-state index in [0.717, 1.165) is 19.5 Å². The van der Waals surface area contributed by atoms with Crippen LogP contribution >= 0.6 is 0 Å². The highest BCUT2D eigenvalue weighted by atomic mass is 16.5. The summed E-state index contributed by atoms with van der Waals surface area (Å²) in [6.07, 6.45) is 1.31. The summed E-state index contributed by atoms with van der Waals surface area (Å²) >= 11 is 0. The minimum Gasteiger partial charge on any atom is -0.394 e. The number of ether oxygens (including phenoxy) is 2. The van der Waals surface area contributed by atoms with Crippen molar-refractivity contribution in [2.75, 3.05) is 52.5 Å². The third-order valence-corrected chi connectivity index (χ3v) is 8.40. The molecule has 0 aromatic rings. The van der Waals surface area contributed by atoms with E-state index in [1.165, 1.54) is 4.90 Å². The van der Waals surface area contributed by atoms with Crippen molar-refractivity contribution < 1.29 is 29.0 Å². The van der Waals surface area contributed by atoms with Crippen molar-refractivity contribution in [1.82, 2.24) is 20.4 Å². The van der Waals surface area contributed by atoms with Crippen LogP contribution in [0.3, 0.4) is 0 Å². The lowest BCUT2D eigenvalue weighted by Gasteiger charge is -2.36. The van der Waals surface area contributed by atoms with Crippen LogP contribution < -0.4 is 10.6 Å². The van der Waals surface area contributed by atoms with Crippen molar-refractivity contribution in [1.29, 1.82) is 0 Å². The molecule has 3 amide bonds. The second kappa shape index (κ2) is 9.72. The summed E-state index contributed by atoms with van der Waals surface area (Å²) in [6.45, 7) is 12.0. The van der Waals surface area contributed by atoms with Gasteiger partial charge in [0.2, 0.25) is 17.7 Å². The maximum Gasteiger partial charge on any atom is 0.245 e. The highest BCUT2D eigenvalue weighted by molar-refractivity contribution is 5.99. The van der Waals surface area contributed by atoms with E-state index in [9.17, 15) is 19.5 Å². The van der Waals surface area contributed by atoms with Gasteiger partial charge in [0, 0.05) is 32.7 Å². The fourth-order valence-corrected chi connectivity index (χ4v) is 6.56. The molecule has 34 heavy (non-hydrogen) atoms. The summed E-state index contributed by atoms with van der Waals surface area (Å²) < 4.78 is 12.0. The lowest BCUT2D eigenvalue weighted by atomic mass is 9.62. The summed E-state index contributed by atoms with van der Waals surface area (Å²) in [7, 11) is 0. The number of aliphatic hydroxyl groups is 1. The molecule has 1 spiro atoms. The van der Waals surface area contributed by atoms with Crippen LogP contribution in [0.5, 0.6) is 0 Å². The summed E-state index contributed by atoms with van der Waals surface area (Å²) in [4.78, 5) is 44.4. The van der Waals surface area contributed by atoms with E-state index in [4.69, 9.17) is 9.47 Å². The van der Waals surface area contributed by atoms with Gasteiger partial charge in [-0.05, 0) is 32.6 Å². The summed E-state index contributed by atoms with van der Waals surface area (Å²) in [5.74, 6) is -2.16. The zero-order valence-electron chi connectivity index (χ0n) is 20.8. The average Bonchev–Trinajstić information content (AvgIpc) is 3.34. The van der Waals surface area contributed by atoms with Gasteiger partial charge in [-0.15, -0.1) is 0 Å². The Kier molecular flexibility index (Phi) is 7.24. The Morgan fingerprint density at radius 2 is 1.88 bits per heavy atom. The summed E-state index contributed by atoms with van der Waals surface area (Å²) in [5.41, 5.74) is -1.90. The zero-order chi connectivity index (χ0) is 24.7. The zero-order valence-corrected chi connectivity index (χ0v) is 20.8. The molecule has 3 unspecified atom stereocenters. The van der Waals surface area contributed by atoms with E-state index in [2.05, 4.69) is 15.5 Å². The van der Waals surface area contributed by atoms with E-state index >= 15 is 0 Å². The number of aliphatic hydroxyl groups excluding tert-OH is 1. The first-order valence-electron chi connectivity index (χ1n) is 12.7. The van der Waals surface area contributed by atoms with Crippen LogP contribution in [0.15, 0.2) is 0 Å². The molecule has 10 nitrogen and oxygen atoms in total. The lowest BCUT2D eigenvalue weighted by Crippen LogP contribution is -2.58. The standard InChI is InChI=1S/C24H40N4O6/c1-5-6-25-20(30)17-18-22(32)28(16(3)14-29)19(24(18)13-15(2)23(17,4)34-24)21(31)26-7-8-27-9-11-33-12-10-27/h15-19,29H,5-14H2,1-4H3,(H,25,30)(H,26,31)/t15?,16-,17-,18+,19?,23+,24?/m1/s1. The van der Waals surface area contributed by atoms with Crippen LogP contribution in [-0.4, -0.2) is 108 Å². The van der Waals surface area contributed by atoms with Crippen molar-refractivity contribution in [3.63, 3.8) is 0 Å². The number of morpholine rings is 1. The molecule has 192 valence electrons. The minimum absolute atomic E-state index is 0.00181. The van der Waals surface area contributed by atoms with Gasteiger partial charge in [0.15, 0.2) is 0 Å². The molecule has 0 aliphatic carbocycles. The molecule has 0 aromatic heterocycles. The number of fused-ring (bicyclic) bond motifs is 1. The molecule has 4 aliphatic heterocycles. The number of carbonyl (C=O) groups is 3. The quantitative estimate of drug-likeness (QED) is 0.401. The Hall–Kier alpha value is -1.75. The monoisotopic (exact) mass is 480 g/mol. The fourth-order valence-electron chi connectivity index (χ4n) is 6.56. The molecule has 2 bridgehead atoms. The molecule has 10 heteroatoms. The first kappa shape index (κ1) is 25.3. The number of likely N-dealkylation sites (tertiary alicyclic amines) is 1. The van der Waals surface area contributed by atoms with Gasteiger partial charge >= 0.3 is 0 Å². The molecule has 7 atom stereocenters. The SMILES string of the molecule is CCCNC(=O)[C@H]1[C@H]2C(=O)N([C@H](C)CO)C(C(=O)NCCN3CCOCC3)C23CC(C)[C@]1(C)O3. The molecule has 0 saturated carbocycles. The Labute approximate surface area is 201 Å². The van der Waals surface area contributed by atoms with Crippen LogP contribution in [0.2, 0.25) is 0 Å². The third-order valence-electron chi connectivity index (χ3n) is 8.40. The molecular formula is C24H40N4O6. The van der Waals surface area contributed by atoms with Gasteiger partial charge in [-0.2, -0.15) is 0 Å². The van der Waals surface area contributed by atoms with Gasteiger partial charge < -0.3 is 30.1 Å². The highest BCUT2D eigenvalue weighted by Crippen LogP contribution is 2.65. The number of rotatable bonds is 9. The van der Waals surface area contributed by atoms with Crippen molar-refractivity contribution in [2.45, 2.75) is 63.8 Å². The molecule has 0 aromatic carbocycles. The predicted molar refractivity (Wildman–Crippen MR) is 124 cm³/mol. The lowest BCUT2D eigenvalue weighted by molar-refractivity contribution is -0.150. The van der Waals surface area contributed by atoms with E-state index in [0.29, 0.717) is 39.3 Å². The topological polar surface area (TPSA) is 120 Å². The van der Waals surface area contributed by atoms with Crippen LogP contribution in [0, 0.1) is 17.8 Å². The van der Waals surface area contributed by atoms with Gasteiger partial charge in [0.25, 0.3) is 0 Å². The number of nitrogens with one attached hydrogen (secondary N) is 2. The van der Waals surface area contributed by atoms with Crippen molar-refractivity contribution in [3.8, 4) is 0 Å². The summed E-state index contributed by atoms with van der Waals surface area (Å²) in [6, 6.07) is -1.45. The molecule has 4 aliphatic rings. The first-order chi connectivity index (χ1) is 16.2. The van der Waals surface area contributed by atoms with E-state index in [1.807, 2.05) is 20.8 Å². The summed E-state index contributed by atoms with van der Waals surface area (Å²) in [5, 5.41) is 15.9. The second-order valence-electron chi connectivity index (χ2n) is 10.5. The number of carbonyl (C=O) groups excluding carboxylic acids is 3. The van der Waals surface area contributed by atoms with E-state index in [-0.39, 0.29) is 30.2 Å². The number of amides is 3. The molecule has 3 N–H and O–H groups in total. The second-order valence-corrected chi connectivity index (χ2v) is 10.5. The van der Waals surface area contributed by atoms with Crippen molar-refractivity contribution in [3.05, 3.63) is 0 Å². The molecule has 4 rings (SSSR count). The van der Waals surface area contributed by atoms with Gasteiger partial charge in [-0.3, -0.25) is 19.3 Å². The molecule has 0 radical (unpaired) electrons. The van der Waals surface area contributed by atoms with E-state index < -0.39 is 35.1 Å². The highest BCUT2D eigenvalue weighted by Gasteiger charge is 2.80. The third kappa shape index (κ3) is 3.92. The molecule has 4 saturated heterocycles. The smallest absolute Gasteiger partial charge is 0.245 e. The predicted octanol–water partition coefficient (Wildman–Crippen LogP) is -0.647. The van der Waals surface area contributed by atoms with Crippen LogP contribution in [0.4, 0.5) is 0 Å². The van der Waals surface area contributed by atoms with Crippen molar-refractivity contribution in [2.24, 2.45) is 17.8 Å².